The van der Waals surface area contributed by atoms with Gasteiger partial charge in [-0.05, 0) is 18.8 Å². The van der Waals surface area contributed by atoms with E-state index in [0.717, 1.165) is 12.8 Å². The van der Waals surface area contributed by atoms with Crippen molar-refractivity contribution in [2.24, 2.45) is 5.92 Å². The fourth-order valence-corrected chi connectivity index (χ4v) is 2.52. The first kappa shape index (κ1) is 10.3. The maximum Gasteiger partial charge on any atom is 0.262 e. The molecular weight excluding hydrogens is 220 g/mol. The van der Waals surface area contributed by atoms with E-state index in [4.69, 9.17) is 0 Å². The highest BCUT2D eigenvalue weighted by molar-refractivity contribution is 5.72. The van der Waals surface area contributed by atoms with Crippen LogP contribution in [0.3, 0.4) is 0 Å². The Hall–Kier alpha value is -1.85. The van der Waals surface area contributed by atoms with Crippen LogP contribution in [0, 0.1) is 5.92 Å². The van der Waals surface area contributed by atoms with Gasteiger partial charge < -0.3 is 10.2 Å². The van der Waals surface area contributed by atoms with Gasteiger partial charge in [0.15, 0.2) is 0 Å². The molecule has 1 saturated carbocycles. The predicted octanol–water partition coefficient (Wildman–Crippen LogP) is 1.26. The first-order valence-corrected chi connectivity index (χ1v) is 5.88. The molecule has 2 heterocycles. The SMILES string of the molecule is CCC1CCC1c1nc2c(cnn2O)c(=O)[nH]1. The minimum Gasteiger partial charge on any atom is -0.410 e. The molecule has 0 bridgehead atoms. The van der Waals surface area contributed by atoms with Crippen LogP contribution in [0.15, 0.2) is 11.0 Å². The molecule has 0 saturated heterocycles. The number of aromatic amines is 1. The van der Waals surface area contributed by atoms with Crippen molar-refractivity contribution in [1.29, 1.82) is 0 Å². The molecule has 0 aliphatic heterocycles. The number of nitrogens with one attached hydrogen (secondary N) is 1. The Bertz CT molecular complexity index is 613. The Labute approximate surface area is 97.3 Å². The highest BCUT2D eigenvalue weighted by atomic mass is 16.5. The Morgan fingerprint density at radius 3 is 3.06 bits per heavy atom. The molecule has 0 radical (unpaired) electrons. The first-order valence-electron chi connectivity index (χ1n) is 5.88. The molecule has 2 aromatic rings. The van der Waals surface area contributed by atoms with Gasteiger partial charge in [0.25, 0.3) is 5.56 Å². The van der Waals surface area contributed by atoms with E-state index in [1.165, 1.54) is 12.6 Å². The minimum absolute atomic E-state index is 0.230. The summed E-state index contributed by atoms with van der Waals surface area (Å²) in [5.41, 5.74) is 0.0116. The van der Waals surface area contributed by atoms with Crippen molar-refractivity contribution in [2.75, 3.05) is 0 Å². The van der Waals surface area contributed by atoms with E-state index in [1.807, 2.05) is 0 Å². The Kier molecular flexibility index (Phi) is 2.17. The van der Waals surface area contributed by atoms with Crippen molar-refractivity contribution in [1.82, 2.24) is 19.9 Å². The van der Waals surface area contributed by atoms with E-state index in [1.54, 1.807) is 0 Å². The zero-order chi connectivity index (χ0) is 12.0. The van der Waals surface area contributed by atoms with Crippen molar-refractivity contribution in [3.05, 3.63) is 22.4 Å². The van der Waals surface area contributed by atoms with E-state index in [0.29, 0.717) is 27.9 Å². The lowest BCUT2D eigenvalue weighted by Gasteiger charge is -2.34. The van der Waals surface area contributed by atoms with E-state index in [-0.39, 0.29) is 11.2 Å². The number of aromatic nitrogens is 4. The Morgan fingerprint density at radius 1 is 1.59 bits per heavy atom. The highest BCUT2D eigenvalue weighted by Crippen LogP contribution is 2.42. The third-order valence-electron chi connectivity index (χ3n) is 3.73. The lowest BCUT2D eigenvalue weighted by atomic mass is 9.72. The molecule has 2 unspecified atom stereocenters. The molecule has 2 aromatic heterocycles. The van der Waals surface area contributed by atoms with Crippen LogP contribution < -0.4 is 5.56 Å². The molecular formula is C11H14N4O2. The average molecular weight is 234 g/mol. The summed E-state index contributed by atoms with van der Waals surface area (Å²) >= 11 is 0. The minimum atomic E-state index is -0.230. The quantitative estimate of drug-likeness (QED) is 0.766. The lowest BCUT2D eigenvalue weighted by Crippen LogP contribution is -2.27. The van der Waals surface area contributed by atoms with E-state index >= 15 is 0 Å². The van der Waals surface area contributed by atoms with Crippen LogP contribution in [-0.4, -0.2) is 25.1 Å². The molecule has 3 rings (SSSR count). The fraction of sp³-hybridized carbons (Fsp3) is 0.545. The molecule has 17 heavy (non-hydrogen) atoms. The average Bonchev–Trinajstić information content (AvgIpc) is 2.60. The topological polar surface area (TPSA) is 83.8 Å². The molecule has 0 spiro atoms. The maximum atomic E-state index is 11.8. The fourth-order valence-electron chi connectivity index (χ4n) is 2.52. The second kappa shape index (κ2) is 3.58. The molecule has 0 amide bonds. The number of hydrogen-bond acceptors (Lipinski definition) is 4. The van der Waals surface area contributed by atoms with Gasteiger partial charge in [-0.3, -0.25) is 4.79 Å². The summed E-state index contributed by atoms with van der Waals surface area (Å²) in [6, 6.07) is 0. The summed E-state index contributed by atoms with van der Waals surface area (Å²) in [6.07, 6.45) is 4.64. The second-order valence-electron chi connectivity index (χ2n) is 4.57. The molecule has 0 aromatic carbocycles. The molecule has 2 atom stereocenters. The van der Waals surface area contributed by atoms with Crippen LogP contribution in [-0.2, 0) is 0 Å². The number of fused-ring (bicyclic) bond motifs is 1. The van der Waals surface area contributed by atoms with Gasteiger partial charge in [0, 0.05) is 5.92 Å². The maximum absolute atomic E-state index is 11.8. The monoisotopic (exact) mass is 234 g/mol. The predicted molar refractivity (Wildman–Crippen MR) is 61.1 cm³/mol. The van der Waals surface area contributed by atoms with Crippen LogP contribution in [0.1, 0.15) is 37.9 Å². The van der Waals surface area contributed by atoms with Crippen LogP contribution in [0.4, 0.5) is 0 Å². The lowest BCUT2D eigenvalue weighted by molar-refractivity contribution is 0.158. The third-order valence-corrected chi connectivity index (χ3v) is 3.73. The van der Waals surface area contributed by atoms with E-state index < -0.39 is 0 Å². The standard InChI is InChI=1S/C11H14N4O2/c1-2-6-3-4-7(6)9-13-10-8(11(16)14-9)5-12-15(10)17/h5-7,17H,2-4H2,1H3,(H,13,14,16). The van der Waals surface area contributed by atoms with Crippen molar-refractivity contribution in [2.45, 2.75) is 32.1 Å². The van der Waals surface area contributed by atoms with Crippen molar-refractivity contribution >= 4 is 11.0 Å². The summed E-state index contributed by atoms with van der Waals surface area (Å²) in [7, 11) is 0. The second-order valence-corrected chi connectivity index (χ2v) is 4.57. The van der Waals surface area contributed by atoms with Gasteiger partial charge in [-0.1, -0.05) is 18.2 Å². The van der Waals surface area contributed by atoms with Crippen molar-refractivity contribution in [3.63, 3.8) is 0 Å². The van der Waals surface area contributed by atoms with Gasteiger partial charge in [-0.2, -0.15) is 0 Å². The van der Waals surface area contributed by atoms with Crippen LogP contribution in [0.2, 0.25) is 0 Å². The smallest absolute Gasteiger partial charge is 0.262 e. The van der Waals surface area contributed by atoms with Gasteiger partial charge in [-0.25, -0.2) is 4.98 Å². The van der Waals surface area contributed by atoms with Crippen LogP contribution >= 0.6 is 0 Å². The van der Waals surface area contributed by atoms with E-state index in [2.05, 4.69) is 22.0 Å². The summed E-state index contributed by atoms with van der Waals surface area (Å²) in [4.78, 5) is 19.6. The molecule has 2 N–H and O–H groups in total. The van der Waals surface area contributed by atoms with Gasteiger partial charge in [0.05, 0.1) is 6.20 Å². The van der Waals surface area contributed by atoms with Crippen LogP contribution in [0.5, 0.6) is 0 Å². The third kappa shape index (κ3) is 1.44. The van der Waals surface area contributed by atoms with Gasteiger partial charge in [0.2, 0.25) is 5.65 Å². The summed E-state index contributed by atoms with van der Waals surface area (Å²) in [6.45, 7) is 2.14. The van der Waals surface area contributed by atoms with Gasteiger partial charge in [0.1, 0.15) is 11.2 Å². The van der Waals surface area contributed by atoms with Crippen molar-refractivity contribution in [3.8, 4) is 0 Å². The normalized spacial score (nSPS) is 23.8. The molecule has 90 valence electrons. The molecule has 6 heteroatoms. The van der Waals surface area contributed by atoms with Crippen molar-refractivity contribution < 1.29 is 5.21 Å². The van der Waals surface area contributed by atoms with E-state index in [9.17, 15) is 10.0 Å². The first-order chi connectivity index (χ1) is 8.20. The number of nitrogens with zero attached hydrogens (tertiary/aromatic N) is 3. The zero-order valence-corrected chi connectivity index (χ0v) is 9.55. The van der Waals surface area contributed by atoms with Crippen LogP contribution in [0.25, 0.3) is 11.0 Å². The highest BCUT2D eigenvalue weighted by Gasteiger charge is 2.33. The summed E-state index contributed by atoms with van der Waals surface area (Å²) in [5, 5.41) is 13.4. The summed E-state index contributed by atoms with van der Waals surface area (Å²) in [5.74, 6) is 1.58. The Balaban J connectivity index is 2.12. The molecule has 1 fully saturated rings. The largest absolute Gasteiger partial charge is 0.410 e. The number of H-pyrrole nitrogens is 1. The molecule has 6 nitrogen and oxygen atoms in total. The molecule has 1 aliphatic rings. The number of rotatable bonds is 2. The number of hydrogen-bond donors (Lipinski definition) is 2. The Morgan fingerprint density at radius 2 is 2.41 bits per heavy atom. The summed E-state index contributed by atoms with van der Waals surface area (Å²) < 4.78 is 0. The molecule has 1 aliphatic carbocycles. The zero-order valence-electron chi connectivity index (χ0n) is 9.55. The van der Waals surface area contributed by atoms with Gasteiger partial charge in [-0.15, -0.1) is 5.10 Å². The van der Waals surface area contributed by atoms with Gasteiger partial charge >= 0.3 is 0 Å².